The Labute approximate surface area is 144 Å². The van der Waals surface area contributed by atoms with Gasteiger partial charge in [-0.3, -0.25) is 4.57 Å². The van der Waals surface area contributed by atoms with Gasteiger partial charge in [-0.05, 0) is 24.3 Å². The number of fused-ring (bicyclic) bond motifs is 2. The number of benzene rings is 1. The highest BCUT2D eigenvalue weighted by atomic mass is 16.5. The van der Waals surface area contributed by atoms with E-state index in [0.717, 1.165) is 27.6 Å². The number of rotatable bonds is 5. The topological polar surface area (TPSA) is 80.4 Å². The molecule has 0 saturated heterocycles. The number of aromatic nitrogens is 3. The van der Waals surface area contributed by atoms with Crippen molar-refractivity contribution in [1.82, 2.24) is 14.5 Å². The lowest BCUT2D eigenvalue weighted by molar-refractivity contribution is 0.0522. The number of aliphatic hydroxyl groups is 2. The van der Waals surface area contributed by atoms with Gasteiger partial charge < -0.3 is 14.9 Å². The van der Waals surface area contributed by atoms with E-state index in [9.17, 15) is 5.11 Å². The van der Waals surface area contributed by atoms with Crippen LogP contribution in [-0.4, -0.2) is 44.1 Å². The monoisotopic (exact) mass is 335 g/mol. The van der Waals surface area contributed by atoms with E-state index >= 15 is 0 Å². The Morgan fingerprint density at radius 2 is 1.96 bits per heavy atom. The number of hydrogen-bond acceptors (Lipinski definition) is 5. The van der Waals surface area contributed by atoms with E-state index in [1.807, 2.05) is 53.2 Å². The molecule has 1 atom stereocenters. The van der Waals surface area contributed by atoms with Gasteiger partial charge in [0.05, 0.1) is 23.8 Å². The lowest BCUT2D eigenvalue weighted by Gasteiger charge is -2.09. The molecule has 0 amide bonds. The van der Waals surface area contributed by atoms with Crippen molar-refractivity contribution in [2.75, 3.05) is 13.2 Å². The standard InChI is InChI=1S/C19H17N3O3/c23-11-15(24)12-25-19-9-14-7-8-22(17(14)10-20-19)18-6-5-13-3-1-2-4-16(13)21-18/h1-10,15,23-24H,11-12H2/t15-/m1/s1. The van der Waals surface area contributed by atoms with Crippen molar-refractivity contribution in [2.45, 2.75) is 6.10 Å². The predicted octanol–water partition coefficient (Wildman–Crippen LogP) is 2.31. The minimum atomic E-state index is -0.913. The van der Waals surface area contributed by atoms with Crippen molar-refractivity contribution in [1.29, 1.82) is 0 Å². The van der Waals surface area contributed by atoms with Gasteiger partial charge in [0.15, 0.2) is 0 Å². The Kier molecular flexibility index (Phi) is 4.05. The molecular formula is C19H17N3O3. The quantitative estimate of drug-likeness (QED) is 0.585. The molecule has 6 nitrogen and oxygen atoms in total. The van der Waals surface area contributed by atoms with Crippen molar-refractivity contribution in [3.63, 3.8) is 0 Å². The van der Waals surface area contributed by atoms with E-state index in [1.54, 1.807) is 12.3 Å². The summed E-state index contributed by atoms with van der Waals surface area (Å²) in [7, 11) is 0. The summed E-state index contributed by atoms with van der Waals surface area (Å²) in [4.78, 5) is 8.97. The average Bonchev–Trinajstić information content (AvgIpc) is 3.09. The molecule has 0 aliphatic rings. The molecule has 3 heterocycles. The highest BCUT2D eigenvalue weighted by Gasteiger charge is 2.09. The van der Waals surface area contributed by atoms with Gasteiger partial charge in [0, 0.05) is 23.0 Å². The van der Waals surface area contributed by atoms with E-state index in [-0.39, 0.29) is 13.2 Å². The van der Waals surface area contributed by atoms with Gasteiger partial charge in [-0.15, -0.1) is 0 Å². The molecule has 0 aliphatic heterocycles. The van der Waals surface area contributed by atoms with Crippen LogP contribution in [0.3, 0.4) is 0 Å². The summed E-state index contributed by atoms with van der Waals surface area (Å²) in [6, 6.07) is 15.8. The summed E-state index contributed by atoms with van der Waals surface area (Å²) in [6.07, 6.45) is 2.74. The molecule has 4 aromatic rings. The van der Waals surface area contributed by atoms with Gasteiger partial charge >= 0.3 is 0 Å². The van der Waals surface area contributed by atoms with Crippen LogP contribution >= 0.6 is 0 Å². The first-order chi connectivity index (χ1) is 12.2. The minimum Gasteiger partial charge on any atom is -0.475 e. The largest absolute Gasteiger partial charge is 0.475 e. The fourth-order valence-corrected chi connectivity index (χ4v) is 2.72. The summed E-state index contributed by atoms with van der Waals surface area (Å²) < 4.78 is 7.37. The number of aliphatic hydroxyl groups excluding tert-OH is 2. The second kappa shape index (κ2) is 6.51. The molecule has 0 saturated carbocycles. The first-order valence-corrected chi connectivity index (χ1v) is 7.99. The Bertz CT molecular complexity index is 1030. The third-order valence-electron chi connectivity index (χ3n) is 4.02. The third-order valence-corrected chi connectivity index (χ3v) is 4.02. The van der Waals surface area contributed by atoms with Gasteiger partial charge in [0.2, 0.25) is 5.88 Å². The molecule has 3 aromatic heterocycles. The Morgan fingerprint density at radius 1 is 1.08 bits per heavy atom. The molecule has 126 valence electrons. The summed E-state index contributed by atoms with van der Waals surface area (Å²) in [6.45, 7) is -0.339. The Balaban J connectivity index is 1.68. The van der Waals surface area contributed by atoms with Gasteiger partial charge in [-0.25, -0.2) is 9.97 Å². The van der Waals surface area contributed by atoms with Crippen LogP contribution in [0, 0.1) is 0 Å². The van der Waals surface area contributed by atoms with E-state index in [1.165, 1.54) is 0 Å². The molecule has 0 bridgehead atoms. The molecule has 6 heteroatoms. The van der Waals surface area contributed by atoms with Crippen LogP contribution in [0.5, 0.6) is 5.88 Å². The van der Waals surface area contributed by atoms with Gasteiger partial charge in [0.1, 0.15) is 18.5 Å². The molecule has 4 rings (SSSR count). The zero-order valence-electron chi connectivity index (χ0n) is 13.4. The lowest BCUT2D eigenvalue weighted by atomic mass is 10.2. The SMILES string of the molecule is OC[C@@H](O)COc1cc2ccn(-c3ccc4ccccc4n3)c2cn1. The molecule has 0 aliphatic carbocycles. The molecule has 0 spiro atoms. The molecule has 1 aromatic carbocycles. The minimum absolute atomic E-state index is 0.00193. The molecule has 0 radical (unpaired) electrons. The normalized spacial score (nSPS) is 12.6. The maximum atomic E-state index is 9.36. The molecule has 0 unspecified atom stereocenters. The van der Waals surface area contributed by atoms with Crippen molar-refractivity contribution >= 4 is 21.8 Å². The van der Waals surface area contributed by atoms with Crippen molar-refractivity contribution in [3.05, 3.63) is 60.9 Å². The van der Waals surface area contributed by atoms with Gasteiger partial charge in [0.25, 0.3) is 0 Å². The smallest absolute Gasteiger partial charge is 0.214 e. The zero-order valence-corrected chi connectivity index (χ0v) is 13.4. The predicted molar refractivity (Wildman–Crippen MR) is 95.0 cm³/mol. The van der Waals surface area contributed by atoms with Crippen LogP contribution in [0.1, 0.15) is 0 Å². The van der Waals surface area contributed by atoms with Crippen molar-refractivity contribution in [3.8, 4) is 11.7 Å². The number of hydrogen-bond donors (Lipinski definition) is 2. The van der Waals surface area contributed by atoms with E-state index < -0.39 is 6.10 Å². The van der Waals surface area contributed by atoms with Crippen LogP contribution in [0.2, 0.25) is 0 Å². The van der Waals surface area contributed by atoms with Gasteiger partial charge in [-0.1, -0.05) is 18.2 Å². The van der Waals surface area contributed by atoms with Crippen molar-refractivity contribution in [2.24, 2.45) is 0 Å². The van der Waals surface area contributed by atoms with Crippen LogP contribution in [0.25, 0.3) is 27.6 Å². The number of para-hydroxylation sites is 1. The average molecular weight is 335 g/mol. The van der Waals surface area contributed by atoms with Crippen LogP contribution in [0.15, 0.2) is 60.9 Å². The lowest BCUT2D eigenvalue weighted by Crippen LogP contribution is -2.21. The first-order valence-electron chi connectivity index (χ1n) is 7.99. The van der Waals surface area contributed by atoms with Crippen LogP contribution < -0.4 is 4.74 Å². The zero-order chi connectivity index (χ0) is 17.2. The molecule has 25 heavy (non-hydrogen) atoms. The summed E-state index contributed by atoms with van der Waals surface area (Å²) in [5.41, 5.74) is 1.85. The second-order valence-electron chi connectivity index (χ2n) is 5.78. The third kappa shape index (κ3) is 3.05. The summed E-state index contributed by atoms with van der Waals surface area (Å²) in [5, 5.41) is 20.2. The summed E-state index contributed by atoms with van der Waals surface area (Å²) in [5.74, 6) is 1.23. The maximum absolute atomic E-state index is 9.36. The molecular weight excluding hydrogens is 318 g/mol. The molecule has 0 fully saturated rings. The first kappa shape index (κ1) is 15.6. The van der Waals surface area contributed by atoms with E-state index in [0.29, 0.717) is 5.88 Å². The fourth-order valence-electron chi connectivity index (χ4n) is 2.72. The Hall–Kier alpha value is -2.96. The van der Waals surface area contributed by atoms with Crippen LogP contribution in [-0.2, 0) is 0 Å². The number of pyridine rings is 2. The number of ether oxygens (including phenoxy) is 1. The molecule has 2 N–H and O–H groups in total. The van der Waals surface area contributed by atoms with Crippen molar-refractivity contribution < 1.29 is 14.9 Å². The maximum Gasteiger partial charge on any atom is 0.214 e. The second-order valence-corrected chi connectivity index (χ2v) is 5.78. The highest BCUT2D eigenvalue weighted by Crippen LogP contribution is 2.23. The fraction of sp³-hybridized carbons (Fsp3) is 0.158. The summed E-state index contributed by atoms with van der Waals surface area (Å²) >= 11 is 0. The highest BCUT2D eigenvalue weighted by molar-refractivity contribution is 5.83. The van der Waals surface area contributed by atoms with Gasteiger partial charge in [-0.2, -0.15) is 0 Å². The Morgan fingerprint density at radius 3 is 2.84 bits per heavy atom. The van der Waals surface area contributed by atoms with Crippen LogP contribution in [0.4, 0.5) is 0 Å². The van der Waals surface area contributed by atoms with E-state index in [2.05, 4.69) is 4.98 Å². The number of nitrogens with zero attached hydrogens (tertiary/aromatic N) is 3. The van der Waals surface area contributed by atoms with E-state index in [4.69, 9.17) is 14.8 Å².